The molecule has 0 atom stereocenters. The molecule has 8 heteroatoms. The van der Waals surface area contributed by atoms with Crippen LogP contribution >= 0.6 is 0 Å². The normalized spacial score (nSPS) is 13.6. The fourth-order valence-corrected chi connectivity index (χ4v) is 4.30. The molecule has 0 radical (unpaired) electrons. The molecule has 0 aliphatic carbocycles. The number of rotatable bonds is 3. The summed E-state index contributed by atoms with van der Waals surface area (Å²) in [6, 6.07) is 11.2. The molecule has 4 rings (SSSR count). The smallest absolute Gasteiger partial charge is 0.340 e. The van der Waals surface area contributed by atoms with Crippen molar-refractivity contribution < 1.29 is 27.4 Å². The number of ether oxygens (including phenoxy) is 3. The molecule has 0 bridgehead atoms. The third-order valence-corrected chi connectivity index (χ3v) is 5.82. The first-order chi connectivity index (χ1) is 12.5. The van der Waals surface area contributed by atoms with E-state index in [4.69, 9.17) is 14.2 Å². The van der Waals surface area contributed by atoms with E-state index in [1.807, 2.05) is 0 Å². The van der Waals surface area contributed by atoms with E-state index < -0.39 is 16.0 Å². The predicted octanol–water partition coefficient (Wildman–Crippen LogP) is 2.44. The highest BCUT2D eigenvalue weighted by atomic mass is 32.2. The van der Waals surface area contributed by atoms with Gasteiger partial charge in [-0.15, -0.1) is 0 Å². The van der Waals surface area contributed by atoms with Crippen LogP contribution in [0.3, 0.4) is 0 Å². The van der Waals surface area contributed by atoms with Crippen molar-refractivity contribution in [2.75, 3.05) is 20.3 Å². The van der Waals surface area contributed by atoms with Crippen molar-refractivity contribution in [1.82, 2.24) is 3.97 Å². The average Bonchev–Trinajstić information content (AvgIpc) is 3.07. The molecule has 0 saturated heterocycles. The summed E-state index contributed by atoms with van der Waals surface area (Å²) in [7, 11) is -2.69. The highest BCUT2D eigenvalue weighted by Gasteiger charge is 2.25. The summed E-state index contributed by atoms with van der Waals surface area (Å²) in [6.07, 6.45) is 1.28. The summed E-state index contributed by atoms with van der Waals surface area (Å²) >= 11 is 0. The van der Waals surface area contributed by atoms with Crippen molar-refractivity contribution in [3.05, 3.63) is 54.2 Å². The first-order valence-corrected chi connectivity index (χ1v) is 9.30. The van der Waals surface area contributed by atoms with Gasteiger partial charge in [0.25, 0.3) is 10.0 Å². The Labute approximate surface area is 149 Å². The Morgan fingerprint density at radius 3 is 2.58 bits per heavy atom. The van der Waals surface area contributed by atoms with Gasteiger partial charge in [0.2, 0.25) is 0 Å². The number of methoxy groups -OCH3 is 1. The molecule has 134 valence electrons. The largest absolute Gasteiger partial charge is 0.486 e. The Morgan fingerprint density at radius 2 is 1.81 bits per heavy atom. The zero-order valence-corrected chi connectivity index (χ0v) is 14.7. The first-order valence-electron chi connectivity index (χ1n) is 7.86. The summed E-state index contributed by atoms with van der Waals surface area (Å²) in [5.74, 6) is 0.280. The minimum atomic E-state index is -3.95. The van der Waals surface area contributed by atoms with Crippen molar-refractivity contribution in [2.45, 2.75) is 4.90 Å². The van der Waals surface area contributed by atoms with Crippen LogP contribution < -0.4 is 9.47 Å². The maximum absolute atomic E-state index is 13.2. The number of hydrogen-bond acceptors (Lipinski definition) is 6. The molecule has 2 aromatic carbocycles. The molecule has 0 spiro atoms. The monoisotopic (exact) mass is 373 g/mol. The minimum absolute atomic E-state index is 0.0407. The Bertz CT molecular complexity index is 1120. The summed E-state index contributed by atoms with van der Waals surface area (Å²) in [4.78, 5) is 12.1. The molecule has 26 heavy (non-hydrogen) atoms. The van der Waals surface area contributed by atoms with Crippen LogP contribution in [0.1, 0.15) is 10.4 Å². The quantitative estimate of drug-likeness (QED) is 0.656. The van der Waals surface area contributed by atoms with Crippen molar-refractivity contribution >= 4 is 26.9 Å². The van der Waals surface area contributed by atoms with E-state index in [0.29, 0.717) is 35.6 Å². The van der Waals surface area contributed by atoms with Gasteiger partial charge in [0, 0.05) is 17.6 Å². The van der Waals surface area contributed by atoms with Gasteiger partial charge in [0.05, 0.1) is 23.1 Å². The standard InChI is InChI=1S/C18H15NO6S/c1-23-18(20)14-11-19(15-5-3-2-4-13(14)15)26(21,22)12-6-7-16-17(10-12)25-9-8-24-16/h2-7,10-11H,8-9H2,1H3. The van der Waals surface area contributed by atoms with Gasteiger partial charge in [-0.2, -0.15) is 0 Å². The number of esters is 1. The van der Waals surface area contributed by atoms with Crippen LogP contribution in [0.25, 0.3) is 10.9 Å². The van der Waals surface area contributed by atoms with Gasteiger partial charge in [-0.3, -0.25) is 0 Å². The summed E-state index contributed by atoms with van der Waals surface area (Å²) < 4.78 is 43.1. The van der Waals surface area contributed by atoms with E-state index in [9.17, 15) is 13.2 Å². The number of para-hydroxylation sites is 1. The number of nitrogens with zero attached hydrogens (tertiary/aromatic N) is 1. The number of carbonyl (C=O) groups excluding carboxylic acids is 1. The molecule has 7 nitrogen and oxygen atoms in total. The summed E-state index contributed by atoms with van der Waals surface area (Å²) in [6.45, 7) is 0.777. The van der Waals surface area contributed by atoms with Crippen molar-refractivity contribution in [3.63, 3.8) is 0 Å². The SMILES string of the molecule is COC(=O)c1cn(S(=O)(=O)c2ccc3c(c2)OCCO3)c2ccccc12. The molecule has 1 aromatic heterocycles. The fraction of sp³-hybridized carbons (Fsp3) is 0.167. The molecule has 0 amide bonds. The highest BCUT2D eigenvalue weighted by molar-refractivity contribution is 7.90. The molecule has 1 aliphatic rings. The zero-order valence-electron chi connectivity index (χ0n) is 13.8. The van der Waals surface area contributed by atoms with E-state index >= 15 is 0 Å². The molecule has 0 unspecified atom stereocenters. The second-order valence-corrected chi connectivity index (χ2v) is 7.47. The number of benzene rings is 2. The van der Waals surface area contributed by atoms with Gasteiger partial charge >= 0.3 is 5.97 Å². The van der Waals surface area contributed by atoms with Crippen LogP contribution in [-0.4, -0.2) is 38.7 Å². The second-order valence-electron chi connectivity index (χ2n) is 5.66. The third-order valence-electron chi connectivity index (χ3n) is 4.15. The molecule has 3 aromatic rings. The summed E-state index contributed by atoms with van der Waals surface area (Å²) in [5.41, 5.74) is 0.576. The summed E-state index contributed by atoms with van der Waals surface area (Å²) in [5, 5.41) is 0.500. The Balaban J connectivity index is 1.90. The lowest BCUT2D eigenvalue weighted by Crippen LogP contribution is -2.17. The van der Waals surface area contributed by atoms with Gasteiger partial charge < -0.3 is 14.2 Å². The fourth-order valence-electron chi connectivity index (χ4n) is 2.92. The van der Waals surface area contributed by atoms with Crippen molar-refractivity contribution in [2.24, 2.45) is 0 Å². The molecule has 1 aliphatic heterocycles. The maximum Gasteiger partial charge on any atom is 0.340 e. The molecule has 0 N–H and O–H groups in total. The van der Waals surface area contributed by atoms with Crippen molar-refractivity contribution in [3.8, 4) is 11.5 Å². The van der Waals surface area contributed by atoms with E-state index in [1.54, 1.807) is 30.3 Å². The van der Waals surface area contributed by atoms with E-state index in [1.165, 1.54) is 25.4 Å². The van der Waals surface area contributed by atoms with Gasteiger partial charge in [-0.1, -0.05) is 18.2 Å². The average molecular weight is 373 g/mol. The lowest BCUT2D eigenvalue weighted by molar-refractivity contribution is 0.0603. The van der Waals surface area contributed by atoms with Crippen LogP contribution in [0.2, 0.25) is 0 Å². The van der Waals surface area contributed by atoms with Crippen LogP contribution in [-0.2, 0) is 14.8 Å². The number of aromatic nitrogens is 1. The number of carbonyl (C=O) groups is 1. The molecule has 0 fully saturated rings. The lowest BCUT2D eigenvalue weighted by atomic mass is 10.2. The minimum Gasteiger partial charge on any atom is -0.486 e. The second kappa shape index (κ2) is 6.06. The lowest BCUT2D eigenvalue weighted by Gasteiger charge is -2.19. The van der Waals surface area contributed by atoms with Gasteiger partial charge in [-0.25, -0.2) is 17.2 Å². The zero-order chi connectivity index (χ0) is 18.3. The van der Waals surface area contributed by atoms with E-state index in [0.717, 1.165) is 3.97 Å². The molecular formula is C18H15NO6S. The van der Waals surface area contributed by atoms with Gasteiger partial charge in [0.1, 0.15) is 13.2 Å². The Kier molecular flexibility index (Phi) is 3.84. The van der Waals surface area contributed by atoms with Gasteiger partial charge in [-0.05, 0) is 18.2 Å². The van der Waals surface area contributed by atoms with Crippen molar-refractivity contribution in [1.29, 1.82) is 0 Å². The van der Waals surface area contributed by atoms with E-state index in [2.05, 4.69) is 0 Å². The predicted molar refractivity (Wildman–Crippen MR) is 93.3 cm³/mol. The topological polar surface area (TPSA) is 83.8 Å². The number of fused-ring (bicyclic) bond motifs is 2. The molecule has 0 saturated carbocycles. The Hall–Kier alpha value is -3.00. The molecular weight excluding hydrogens is 358 g/mol. The maximum atomic E-state index is 13.2. The van der Waals surface area contributed by atoms with Crippen LogP contribution in [0, 0.1) is 0 Å². The van der Waals surface area contributed by atoms with Gasteiger partial charge in [0.15, 0.2) is 11.5 Å². The van der Waals surface area contributed by atoms with Crippen LogP contribution in [0.5, 0.6) is 11.5 Å². The Morgan fingerprint density at radius 1 is 1.08 bits per heavy atom. The third kappa shape index (κ3) is 2.50. The first kappa shape index (κ1) is 16.5. The highest BCUT2D eigenvalue weighted by Crippen LogP contribution is 2.34. The van der Waals surface area contributed by atoms with Crippen LogP contribution in [0.4, 0.5) is 0 Å². The van der Waals surface area contributed by atoms with E-state index in [-0.39, 0.29) is 10.5 Å². The molecule has 2 heterocycles. The van der Waals surface area contributed by atoms with Crippen LogP contribution in [0.15, 0.2) is 53.6 Å². The number of hydrogen-bond donors (Lipinski definition) is 0.